The molecular weight excluding hydrogens is 208 g/mol. The van der Waals surface area contributed by atoms with Gasteiger partial charge in [0, 0.05) is 18.3 Å². The minimum atomic E-state index is -0.622. The summed E-state index contributed by atoms with van der Waals surface area (Å²) in [5, 5.41) is 10.6. The fourth-order valence-corrected chi connectivity index (χ4v) is 2.28. The van der Waals surface area contributed by atoms with E-state index in [1.54, 1.807) is 10.8 Å². The first-order chi connectivity index (χ1) is 7.39. The number of rotatable bonds is 2. The Hall–Kier alpha value is -1.65. The molecule has 2 rings (SSSR count). The molecule has 0 unspecified atom stereocenters. The number of pyridine rings is 1. The van der Waals surface area contributed by atoms with Crippen molar-refractivity contribution < 1.29 is 4.92 Å². The van der Waals surface area contributed by atoms with Crippen molar-refractivity contribution in [2.75, 3.05) is 0 Å². The largest absolute Gasteiger partial charge is 0.345 e. The highest BCUT2D eigenvalue weighted by atomic mass is 16.6. The summed E-state index contributed by atoms with van der Waals surface area (Å²) in [5.74, 6) is 0. The molecule has 0 aromatic carbocycles. The Morgan fingerprint density at radius 1 is 1.50 bits per heavy atom. The van der Waals surface area contributed by atoms with Gasteiger partial charge in [-0.3, -0.25) is 14.9 Å². The van der Waals surface area contributed by atoms with Crippen LogP contribution >= 0.6 is 0 Å². The second kappa shape index (κ2) is 3.43. The highest BCUT2D eigenvalue weighted by Crippen LogP contribution is 2.47. The average Bonchev–Trinajstić information content (AvgIpc) is 2.14. The second-order valence-electron chi connectivity index (χ2n) is 5.12. The summed E-state index contributed by atoms with van der Waals surface area (Å²) in [7, 11) is 0. The van der Waals surface area contributed by atoms with E-state index in [2.05, 4.69) is 13.8 Å². The Morgan fingerprint density at radius 3 is 2.62 bits per heavy atom. The second-order valence-corrected chi connectivity index (χ2v) is 5.12. The molecule has 1 aromatic heterocycles. The van der Waals surface area contributed by atoms with E-state index in [9.17, 15) is 14.9 Å². The molecule has 1 aliphatic carbocycles. The third-order valence-electron chi connectivity index (χ3n) is 3.12. The normalized spacial score (nSPS) is 19.1. The summed E-state index contributed by atoms with van der Waals surface area (Å²) >= 11 is 0. The minimum Gasteiger partial charge on any atom is -0.345 e. The molecule has 1 fully saturated rings. The summed E-state index contributed by atoms with van der Waals surface area (Å²) in [6.45, 7) is 4.33. The van der Waals surface area contributed by atoms with E-state index in [0.717, 1.165) is 12.8 Å². The average molecular weight is 222 g/mol. The van der Waals surface area contributed by atoms with E-state index in [-0.39, 0.29) is 11.7 Å². The van der Waals surface area contributed by atoms with Crippen LogP contribution in [0.1, 0.15) is 32.7 Å². The summed E-state index contributed by atoms with van der Waals surface area (Å²) in [6, 6.07) is 1.55. The standard InChI is InChI=1S/C11H14N2O3/c1-11(2)5-8(6-11)12-4-3-10(14)9(7-12)13(15)16/h3-4,7-8H,5-6H2,1-2H3. The van der Waals surface area contributed by atoms with Gasteiger partial charge in [-0.05, 0) is 18.3 Å². The van der Waals surface area contributed by atoms with Gasteiger partial charge in [0.15, 0.2) is 0 Å². The van der Waals surface area contributed by atoms with Crippen LogP contribution in [0.4, 0.5) is 5.69 Å². The third-order valence-corrected chi connectivity index (χ3v) is 3.12. The Kier molecular flexibility index (Phi) is 2.33. The van der Waals surface area contributed by atoms with Gasteiger partial charge in [0.1, 0.15) is 0 Å². The molecule has 0 radical (unpaired) electrons. The lowest BCUT2D eigenvalue weighted by Gasteiger charge is -2.43. The van der Waals surface area contributed by atoms with E-state index in [1.807, 2.05) is 0 Å². The molecule has 1 saturated carbocycles. The van der Waals surface area contributed by atoms with Crippen LogP contribution in [-0.4, -0.2) is 9.49 Å². The van der Waals surface area contributed by atoms with Crippen molar-refractivity contribution in [3.63, 3.8) is 0 Å². The van der Waals surface area contributed by atoms with Crippen molar-refractivity contribution in [2.45, 2.75) is 32.7 Å². The highest BCUT2D eigenvalue weighted by Gasteiger charge is 2.37. The topological polar surface area (TPSA) is 65.1 Å². The van der Waals surface area contributed by atoms with Crippen LogP contribution in [0.3, 0.4) is 0 Å². The van der Waals surface area contributed by atoms with Gasteiger partial charge < -0.3 is 4.57 Å². The number of aromatic nitrogens is 1. The lowest BCUT2D eigenvalue weighted by Crippen LogP contribution is -2.33. The zero-order chi connectivity index (χ0) is 11.9. The van der Waals surface area contributed by atoms with Crippen LogP contribution in [-0.2, 0) is 0 Å². The predicted molar refractivity (Wildman–Crippen MR) is 59.4 cm³/mol. The van der Waals surface area contributed by atoms with Crippen LogP contribution in [0, 0.1) is 15.5 Å². The predicted octanol–water partition coefficient (Wildman–Crippen LogP) is 2.12. The van der Waals surface area contributed by atoms with Crippen LogP contribution < -0.4 is 5.43 Å². The van der Waals surface area contributed by atoms with Gasteiger partial charge in [0.25, 0.3) is 5.43 Å². The van der Waals surface area contributed by atoms with Gasteiger partial charge in [-0.15, -0.1) is 0 Å². The Morgan fingerprint density at radius 2 is 2.12 bits per heavy atom. The fraction of sp³-hybridized carbons (Fsp3) is 0.545. The van der Waals surface area contributed by atoms with E-state index >= 15 is 0 Å². The molecular formula is C11H14N2O3. The van der Waals surface area contributed by atoms with Gasteiger partial charge in [-0.2, -0.15) is 0 Å². The Bertz CT molecular complexity index is 482. The van der Waals surface area contributed by atoms with Crippen molar-refractivity contribution in [3.8, 4) is 0 Å². The van der Waals surface area contributed by atoms with Gasteiger partial charge in [-0.25, -0.2) is 0 Å². The summed E-state index contributed by atoms with van der Waals surface area (Å²) in [6.07, 6.45) is 4.97. The first-order valence-electron chi connectivity index (χ1n) is 5.25. The summed E-state index contributed by atoms with van der Waals surface area (Å²) < 4.78 is 1.78. The zero-order valence-electron chi connectivity index (χ0n) is 9.34. The minimum absolute atomic E-state index is 0.286. The lowest BCUT2D eigenvalue weighted by molar-refractivity contribution is -0.386. The van der Waals surface area contributed by atoms with E-state index in [1.165, 1.54) is 12.3 Å². The molecule has 0 saturated heterocycles. The molecule has 5 heteroatoms. The maximum Gasteiger partial charge on any atom is 0.332 e. The Balaban J connectivity index is 2.28. The van der Waals surface area contributed by atoms with Crippen LogP contribution in [0.15, 0.2) is 23.3 Å². The van der Waals surface area contributed by atoms with Crippen LogP contribution in [0.25, 0.3) is 0 Å². The fourth-order valence-electron chi connectivity index (χ4n) is 2.28. The highest BCUT2D eigenvalue weighted by molar-refractivity contribution is 5.25. The summed E-state index contributed by atoms with van der Waals surface area (Å²) in [4.78, 5) is 21.2. The van der Waals surface area contributed by atoms with Crippen molar-refractivity contribution in [2.24, 2.45) is 5.41 Å². The van der Waals surface area contributed by atoms with Gasteiger partial charge >= 0.3 is 5.69 Å². The molecule has 1 aliphatic rings. The number of hydrogen-bond donors (Lipinski definition) is 0. The van der Waals surface area contributed by atoms with Crippen molar-refractivity contribution in [1.29, 1.82) is 0 Å². The molecule has 0 atom stereocenters. The number of nitrogens with zero attached hydrogens (tertiary/aromatic N) is 2. The molecule has 1 aromatic rings. The molecule has 1 heterocycles. The molecule has 0 amide bonds. The zero-order valence-corrected chi connectivity index (χ0v) is 9.34. The van der Waals surface area contributed by atoms with Crippen LogP contribution in [0.2, 0.25) is 0 Å². The molecule has 16 heavy (non-hydrogen) atoms. The smallest absolute Gasteiger partial charge is 0.332 e. The molecule has 0 N–H and O–H groups in total. The van der Waals surface area contributed by atoms with Gasteiger partial charge in [0.05, 0.1) is 11.1 Å². The first kappa shape index (κ1) is 10.9. The molecule has 0 bridgehead atoms. The van der Waals surface area contributed by atoms with Crippen molar-refractivity contribution in [3.05, 3.63) is 38.8 Å². The monoisotopic (exact) mass is 222 g/mol. The van der Waals surface area contributed by atoms with Gasteiger partial charge in [0.2, 0.25) is 0 Å². The van der Waals surface area contributed by atoms with Gasteiger partial charge in [-0.1, -0.05) is 13.8 Å². The first-order valence-corrected chi connectivity index (χ1v) is 5.25. The van der Waals surface area contributed by atoms with Crippen LogP contribution in [0.5, 0.6) is 0 Å². The van der Waals surface area contributed by atoms with Crippen molar-refractivity contribution >= 4 is 5.69 Å². The van der Waals surface area contributed by atoms with E-state index < -0.39 is 10.4 Å². The molecule has 86 valence electrons. The Labute approximate surface area is 92.9 Å². The van der Waals surface area contributed by atoms with E-state index in [4.69, 9.17) is 0 Å². The maximum atomic E-state index is 11.2. The maximum absolute atomic E-state index is 11.2. The summed E-state index contributed by atoms with van der Waals surface area (Å²) in [5.41, 5.74) is -0.560. The lowest BCUT2D eigenvalue weighted by atomic mass is 9.68. The third kappa shape index (κ3) is 1.85. The SMILES string of the molecule is CC1(C)CC(n2ccc(=O)c([N+](=O)[O-])c2)C1. The number of hydrogen-bond acceptors (Lipinski definition) is 3. The number of nitro groups is 1. The van der Waals surface area contributed by atoms with Crippen molar-refractivity contribution in [1.82, 2.24) is 4.57 Å². The molecule has 5 nitrogen and oxygen atoms in total. The van der Waals surface area contributed by atoms with E-state index in [0.29, 0.717) is 5.41 Å². The molecule has 0 spiro atoms. The quantitative estimate of drug-likeness (QED) is 0.568. The molecule has 0 aliphatic heterocycles.